The van der Waals surface area contributed by atoms with Crippen LogP contribution in [0.25, 0.3) is 11.0 Å². The van der Waals surface area contributed by atoms with Gasteiger partial charge in [-0.2, -0.15) is 0 Å². The number of fused-ring (bicyclic) bond motifs is 1. The molecule has 3 N–H and O–H groups in total. The van der Waals surface area contributed by atoms with Crippen molar-refractivity contribution in [2.24, 2.45) is 15.9 Å². The summed E-state index contributed by atoms with van der Waals surface area (Å²) in [5, 5.41) is 5.95. The van der Waals surface area contributed by atoms with Gasteiger partial charge in [0.15, 0.2) is 5.84 Å². The maximum atomic E-state index is 13.6. The van der Waals surface area contributed by atoms with Gasteiger partial charge in [0, 0.05) is 36.5 Å². The first-order valence-corrected chi connectivity index (χ1v) is 9.87. The number of H-pyrrole nitrogens is 1. The summed E-state index contributed by atoms with van der Waals surface area (Å²) in [5.41, 5.74) is 1.12. The van der Waals surface area contributed by atoms with Crippen molar-refractivity contribution in [1.29, 1.82) is 0 Å². The topological polar surface area (TPSA) is 94.5 Å². The zero-order chi connectivity index (χ0) is 21.9. The lowest BCUT2D eigenvalue weighted by Gasteiger charge is -2.25. The Hall–Kier alpha value is -2.91. The second-order valence-electron chi connectivity index (χ2n) is 7.56. The van der Waals surface area contributed by atoms with E-state index < -0.39 is 30.2 Å². The standard InChI is InChI=1S/C20H25F3N6O/c1-4-20(22,23)10-27-19(30)16(11(2)3)28-15-5-6-24-18(29-15)14-9-26-17-13(14)7-12(21)8-25-17/h7-9,11,16H,4-6,10H2,1-3H3,(H,25,26)(H,27,30)(H,24,28,29). The van der Waals surface area contributed by atoms with Crippen LogP contribution in [0.2, 0.25) is 0 Å². The van der Waals surface area contributed by atoms with E-state index >= 15 is 0 Å². The first kappa shape index (κ1) is 21.8. The molecule has 10 heteroatoms. The number of amidine groups is 2. The van der Waals surface area contributed by atoms with Crippen LogP contribution in [0.5, 0.6) is 0 Å². The highest BCUT2D eigenvalue weighted by Crippen LogP contribution is 2.20. The number of carbonyl (C=O) groups is 1. The summed E-state index contributed by atoms with van der Waals surface area (Å²) >= 11 is 0. The van der Waals surface area contributed by atoms with Crippen LogP contribution >= 0.6 is 0 Å². The van der Waals surface area contributed by atoms with Gasteiger partial charge in [0.2, 0.25) is 5.91 Å². The van der Waals surface area contributed by atoms with Crippen LogP contribution in [0, 0.1) is 11.7 Å². The highest BCUT2D eigenvalue weighted by Gasteiger charge is 2.30. The maximum absolute atomic E-state index is 13.6. The lowest BCUT2D eigenvalue weighted by Crippen LogP contribution is -2.52. The van der Waals surface area contributed by atoms with E-state index in [1.807, 2.05) is 13.8 Å². The number of halogens is 3. The Balaban J connectivity index is 1.77. The Morgan fingerprint density at radius 1 is 1.37 bits per heavy atom. The predicted molar refractivity (Wildman–Crippen MR) is 110 cm³/mol. The summed E-state index contributed by atoms with van der Waals surface area (Å²) in [7, 11) is 0. The van der Waals surface area contributed by atoms with Crippen molar-refractivity contribution in [2.45, 2.75) is 45.6 Å². The van der Waals surface area contributed by atoms with Gasteiger partial charge in [-0.3, -0.25) is 9.79 Å². The highest BCUT2D eigenvalue weighted by molar-refractivity contribution is 6.14. The zero-order valence-electron chi connectivity index (χ0n) is 17.1. The molecule has 1 amide bonds. The molecule has 1 unspecified atom stereocenters. The number of aliphatic imine (C=N–C) groups is 2. The quantitative estimate of drug-likeness (QED) is 0.640. The van der Waals surface area contributed by atoms with Crippen LogP contribution in [-0.4, -0.2) is 52.6 Å². The van der Waals surface area contributed by atoms with E-state index in [2.05, 4.69) is 30.6 Å². The largest absolute Gasteiger partial charge is 0.362 e. The van der Waals surface area contributed by atoms with E-state index in [0.717, 1.165) is 6.20 Å². The van der Waals surface area contributed by atoms with Crippen molar-refractivity contribution in [1.82, 2.24) is 20.6 Å². The van der Waals surface area contributed by atoms with Crippen molar-refractivity contribution in [2.75, 3.05) is 13.1 Å². The lowest BCUT2D eigenvalue weighted by atomic mass is 10.0. The van der Waals surface area contributed by atoms with Gasteiger partial charge in [-0.15, -0.1) is 0 Å². The molecule has 2 aromatic rings. The summed E-state index contributed by atoms with van der Waals surface area (Å²) in [6, 6.07) is 0.629. The van der Waals surface area contributed by atoms with Crippen LogP contribution < -0.4 is 10.6 Å². The fraction of sp³-hybridized carbons (Fsp3) is 0.500. The number of aromatic nitrogens is 2. The first-order chi connectivity index (χ1) is 14.2. The monoisotopic (exact) mass is 422 g/mol. The Morgan fingerprint density at radius 2 is 2.13 bits per heavy atom. The molecule has 7 nitrogen and oxygen atoms in total. The fourth-order valence-corrected chi connectivity index (χ4v) is 3.07. The molecule has 0 aromatic carbocycles. The third-order valence-electron chi connectivity index (χ3n) is 4.90. The highest BCUT2D eigenvalue weighted by atomic mass is 19.3. The number of alkyl halides is 2. The molecule has 30 heavy (non-hydrogen) atoms. The van der Waals surface area contributed by atoms with Gasteiger partial charge in [0.05, 0.1) is 12.7 Å². The molecule has 3 heterocycles. The number of pyridine rings is 1. The molecule has 0 fully saturated rings. The van der Waals surface area contributed by atoms with Crippen LogP contribution in [0.1, 0.15) is 39.2 Å². The van der Waals surface area contributed by atoms with Crippen LogP contribution in [0.4, 0.5) is 13.2 Å². The van der Waals surface area contributed by atoms with E-state index in [4.69, 9.17) is 0 Å². The average Bonchev–Trinajstić information content (AvgIpc) is 3.13. The molecule has 1 atom stereocenters. The van der Waals surface area contributed by atoms with Gasteiger partial charge in [0.25, 0.3) is 5.92 Å². The van der Waals surface area contributed by atoms with Crippen LogP contribution in [0.15, 0.2) is 28.4 Å². The summed E-state index contributed by atoms with van der Waals surface area (Å²) < 4.78 is 40.6. The normalized spacial score (nSPS) is 15.7. The van der Waals surface area contributed by atoms with Crippen molar-refractivity contribution >= 4 is 28.6 Å². The number of rotatable bonds is 7. The number of hydrogen-bond donors (Lipinski definition) is 3. The SMILES string of the molecule is CCC(F)(F)CNC(=O)C(NC1=NC(c2c[nH]c3ncc(F)cc23)=NCC1)C(C)C. The number of hydrogen-bond acceptors (Lipinski definition) is 5. The minimum atomic E-state index is -2.95. The summed E-state index contributed by atoms with van der Waals surface area (Å²) in [6.07, 6.45) is 2.90. The molecule has 2 aromatic heterocycles. The molecule has 0 aliphatic carbocycles. The van der Waals surface area contributed by atoms with E-state index in [-0.39, 0.29) is 12.3 Å². The second kappa shape index (κ2) is 8.85. The number of carbonyl (C=O) groups excluding carboxylic acids is 1. The van der Waals surface area contributed by atoms with Crippen molar-refractivity contribution in [3.63, 3.8) is 0 Å². The zero-order valence-corrected chi connectivity index (χ0v) is 17.1. The van der Waals surface area contributed by atoms with E-state index in [0.29, 0.717) is 41.2 Å². The number of amides is 1. The molecular weight excluding hydrogens is 397 g/mol. The molecule has 3 rings (SSSR count). The number of nitrogens with one attached hydrogen (secondary N) is 3. The number of aromatic amines is 1. The van der Waals surface area contributed by atoms with Gasteiger partial charge in [-0.1, -0.05) is 20.8 Å². The lowest BCUT2D eigenvalue weighted by molar-refractivity contribution is -0.125. The molecule has 0 radical (unpaired) electrons. The minimum absolute atomic E-state index is 0.156. The molecule has 0 bridgehead atoms. The van der Waals surface area contributed by atoms with Crippen molar-refractivity contribution < 1.29 is 18.0 Å². The van der Waals surface area contributed by atoms with E-state index in [1.165, 1.54) is 13.0 Å². The predicted octanol–water partition coefficient (Wildman–Crippen LogP) is 3.03. The molecule has 1 aliphatic heterocycles. The van der Waals surface area contributed by atoms with E-state index in [9.17, 15) is 18.0 Å². The molecule has 0 spiro atoms. The summed E-state index contributed by atoms with van der Waals surface area (Å²) in [5.74, 6) is -3.17. The van der Waals surface area contributed by atoms with Crippen molar-refractivity contribution in [3.05, 3.63) is 29.8 Å². The van der Waals surface area contributed by atoms with Gasteiger partial charge in [-0.05, 0) is 12.0 Å². The molecule has 0 saturated heterocycles. The Morgan fingerprint density at radius 3 is 2.83 bits per heavy atom. The molecular formula is C20H25F3N6O. The summed E-state index contributed by atoms with van der Waals surface area (Å²) in [6.45, 7) is 4.73. The Labute approximate surface area is 172 Å². The molecule has 162 valence electrons. The molecule has 0 saturated carbocycles. The first-order valence-electron chi connectivity index (χ1n) is 9.87. The van der Waals surface area contributed by atoms with Gasteiger partial charge >= 0.3 is 0 Å². The third-order valence-corrected chi connectivity index (χ3v) is 4.90. The van der Waals surface area contributed by atoms with Gasteiger partial charge in [-0.25, -0.2) is 23.1 Å². The van der Waals surface area contributed by atoms with Crippen LogP contribution in [0.3, 0.4) is 0 Å². The van der Waals surface area contributed by atoms with Crippen molar-refractivity contribution in [3.8, 4) is 0 Å². The van der Waals surface area contributed by atoms with E-state index in [1.54, 1.807) is 6.20 Å². The maximum Gasteiger partial charge on any atom is 0.264 e. The Bertz CT molecular complexity index is 982. The second-order valence-corrected chi connectivity index (χ2v) is 7.56. The third kappa shape index (κ3) is 4.98. The summed E-state index contributed by atoms with van der Waals surface area (Å²) in [4.78, 5) is 28.3. The van der Waals surface area contributed by atoms with Crippen LogP contribution in [-0.2, 0) is 4.79 Å². The van der Waals surface area contributed by atoms with Gasteiger partial charge in [0.1, 0.15) is 23.3 Å². The Kier molecular flexibility index (Phi) is 6.42. The van der Waals surface area contributed by atoms with Gasteiger partial charge < -0.3 is 15.6 Å². The minimum Gasteiger partial charge on any atom is -0.362 e. The number of nitrogens with zero attached hydrogens (tertiary/aromatic N) is 3. The smallest absolute Gasteiger partial charge is 0.264 e. The fourth-order valence-electron chi connectivity index (χ4n) is 3.07. The average molecular weight is 422 g/mol. The molecule has 1 aliphatic rings.